The lowest BCUT2D eigenvalue weighted by atomic mass is 9.81. The van der Waals surface area contributed by atoms with Gasteiger partial charge in [0, 0.05) is 18.1 Å². The molecule has 2 rings (SSSR count). The Morgan fingerprint density at radius 3 is 2.52 bits per heavy atom. The van der Waals surface area contributed by atoms with Gasteiger partial charge in [-0.15, -0.1) is 0 Å². The number of hydrogen-bond donors (Lipinski definition) is 1. The zero-order valence-corrected chi connectivity index (χ0v) is 13.4. The van der Waals surface area contributed by atoms with Crippen molar-refractivity contribution in [1.82, 2.24) is 9.97 Å². The topological polar surface area (TPSA) is 51.8 Å². The number of hydrogen-bond acceptors (Lipinski definition) is 3. The first kappa shape index (κ1) is 15.5. The van der Waals surface area contributed by atoms with Gasteiger partial charge in [0.1, 0.15) is 5.82 Å². The maximum Gasteiger partial charge on any atom is 0.123 e. The summed E-state index contributed by atoms with van der Waals surface area (Å²) >= 11 is 0. The summed E-state index contributed by atoms with van der Waals surface area (Å²) in [6.07, 6.45) is 5.81. The summed E-state index contributed by atoms with van der Waals surface area (Å²) in [6.45, 7) is 8.91. The molecular formula is C18H25N3. The van der Waals surface area contributed by atoms with Crippen LogP contribution >= 0.6 is 0 Å². The zero-order valence-electron chi connectivity index (χ0n) is 13.4. The molecule has 112 valence electrons. The average Bonchev–Trinajstić information content (AvgIpc) is 2.46. The van der Waals surface area contributed by atoms with Gasteiger partial charge in [-0.25, -0.2) is 4.98 Å². The standard InChI is InChI=1S/C18H25N3/c1-13(2)14-8-10-20-16(11-14)7-9-18(3,4)15-5-6-17(19)21-12-15/h5-6,8,10-13H,7,9H2,1-4H3,(H2,19,21). The second kappa shape index (κ2) is 6.25. The Kier molecular flexibility index (Phi) is 4.61. The van der Waals surface area contributed by atoms with E-state index >= 15 is 0 Å². The molecule has 0 aliphatic rings. The lowest BCUT2D eigenvalue weighted by Gasteiger charge is -2.25. The van der Waals surface area contributed by atoms with Crippen LogP contribution in [-0.4, -0.2) is 9.97 Å². The van der Waals surface area contributed by atoms with Crippen LogP contribution in [0.4, 0.5) is 5.82 Å². The highest BCUT2D eigenvalue weighted by Gasteiger charge is 2.21. The number of pyridine rings is 2. The monoisotopic (exact) mass is 283 g/mol. The highest BCUT2D eigenvalue weighted by molar-refractivity contribution is 5.32. The van der Waals surface area contributed by atoms with Crippen LogP contribution in [0.1, 0.15) is 56.9 Å². The van der Waals surface area contributed by atoms with E-state index in [0.717, 1.165) is 18.5 Å². The number of aromatic nitrogens is 2. The molecule has 2 aromatic rings. The van der Waals surface area contributed by atoms with Crippen LogP contribution in [0, 0.1) is 0 Å². The van der Waals surface area contributed by atoms with Crippen LogP contribution in [0.25, 0.3) is 0 Å². The van der Waals surface area contributed by atoms with Crippen molar-refractivity contribution < 1.29 is 0 Å². The van der Waals surface area contributed by atoms with Crippen molar-refractivity contribution >= 4 is 5.82 Å². The van der Waals surface area contributed by atoms with Crippen molar-refractivity contribution in [3.8, 4) is 0 Å². The normalized spacial score (nSPS) is 11.9. The van der Waals surface area contributed by atoms with Crippen LogP contribution in [0.15, 0.2) is 36.7 Å². The SMILES string of the molecule is CC(C)c1ccnc(CCC(C)(C)c2ccc(N)nc2)c1. The van der Waals surface area contributed by atoms with Gasteiger partial charge >= 0.3 is 0 Å². The quantitative estimate of drug-likeness (QED) is 0.899. The summed E-state index contributed by atoms with van der Waals surface area (Å²) < 4.78 is 0. The molecule has 0 bridgehead atoms. The minimum absolute atomic E-state index is 0.0657. The molecule has 0 spiro atoms. The van der Waals surface area contributed by atoms with Crippen molar-refractivity contribution in [2.75, 3.05) is 5.73 Å². The second-order valence-electron chi connectivity index (χ2n) is 6.59. The number of nitrogens with zero attached hydrogens (tertiary/aromatic N) is 2. The summed E-state index contributed by atoms with van der Waals surface area (Å²) in [7, 11) is 0. The number of nitrogens with two attached hydrogens (primary N) is 1. The second-order valence-corrected chi connectivity index (χ2v) is 6.59. The van der Waals surface area contributed by atoms with Crippen molar-refractivity contribution in [2.45, 2.75) is 51.9 Å². The van der Waals surface area contributed by atoms with E-state index in [1.807, 2.05) is 18.5 Å². The van der Waals surface area contributed by atoms with E-state index in [0.29, 0.717) is 11.7 Å². The third kappa shape index (κ3) is 4.03. The van der Waals surface area contributed by atoms with Crippen molar-refractivity contribution in [1.29, 1.82) is 0 Å². The first-order valence-corrected chi connectivity index (χ1v) is 7.55. The molecule has 21 heavy (non-hydrogen) atoms. The van der Waals surface area contributed by atoms with Gasteiger partial charge in [0.15, 0.2) is 0 Å². The zero-order chi connectivity index (χ0) is 15.5. The van der Waals surface area contributed by atoms with E-state index in [2.05, 4.69) is 55.9 Å². The van der Waals surface area contributed by atoms with Crippen molar-refractivity contribution in [2.24, 2.45) is 0 Å². The number of anilines is 1. The Morgan fingerprint density at radius 1 is 1.14 bits per heavy atom. The Bertz CT molecular complexity index is 586. The van der Waals surface area contributed by atoms with Crippen LogP contribution in [-0.2, 0) is 11.8 Å². The molecular weight excluding hydrogens is 258 g/mol. The molecule has 0 saturated carbocycles. The fraction of sp³-hybridized carbons (Fsp3) is 0.444. The lowest BCUT2D eigenvalue weighted by molar-refractivity contribution is 0.475. The largest absolute Gasteiger partial charge is 0.384 e. The molecule has 2 N–H and O–H groups in total. The minimum atomic E-state index is 0.0657. The average molecular weight is 283 g/mol. The fourth-order valence-corrected chi connectivity index (χ4v) is 2.38. The fourth-order valence-electron chi connectivity index (χ4n) is 2.38. The highest BCUT2D eigenvalue weighted by atomic mass is 14.8. The maximum atomic E-state index is 5.66. The van der Waals surface area contributed by atoms with Crippen molar-refractivity contribution in [3.05, 3.63) is 53.5 Å². The predicted octanol–water partition coefficient (Wildman–Crippen LogP) is 4.09. The molecule has 2 aromatic heterocycles. The van der Waals surface area contributed by atoms with Gasteiger partial charge in [0.25, 0.3) is 0 Å². The van der Waals surface area contributed by atoms with Gasteiger partial charge in [-0.2, -0.15) is 0 Å². The van der Waals surface area contributed by atoms with Crippen LogP contribution < -0.4 is 5.73 Å². The molecule has 0 unspecified atom stereocenters. The molecule has 2 heterocycles. The summed E-state index contributed by atoms with van der Waals surface area (Å²) in [4.78, 5) is 8.70. The number of aryl methyl sites for hydroxylation is 1. The smallest absolute Gasteiger partial charge is 0.123 e. The minimum Gasteiger partial charge on any atom is -0.384 e. The van der Waals surface area contributed by atoms with Gasteiger partial charge < -0.3 is 5.73 Å². The Balaban J connectivity index is 2.07. The van der Waals surface area contributed by atoms with Crippen LogP contribution in [0.3, 0.4) is 0 Å². The first-order valence-electron chi connectivity index (χ1n) is 7.55. The Hall–Kier alpha value is -1.90. The van der Waals surface area contributed by atoms with Gasteiger partial charge in [0.05, 0.1) is 0 Å². The van der Waals surface area contributed by atoms with E-state index in [1.54, 1.807) is 0 Å². The van der Waals surface area contributed by atoms with E-state index < -0.39 is 0 Å². The summed E-state index contributed by atoms with van der Waals surface area (Å²) in [6, 6.07) is 8.26. The molecule has 0 saturated heterocycles. The van der Waals surface area contributed by atoms with E-state index in [4.69, 9.17) is 5.73 Å². The van der Waals surface area contributed by atoms with Crippen molar-refractivity contribution in [3.63, 3.8) is 0 Å². The van der Waals surface area contributed by atoms with Gasteiger partial charge in [-0.05, 0) is 53.5 Å². The van der Waals surface area contributed by atoms with Crippen LogP contribution in [0.5, 0.6) is 0 Å². The summed E-state index contributed by atoms with van der Waals surface area (Å²) in [5.41, 5.74) is 9.46. The Morgan fingerprint density at radius 2 is 1.90 bits per heavy atom. The third-order valence-electron chi connectivity index (χ3n) is 4.08. The molecule has 0 amide bonds. The first-order chi connectivity index (χ1) is 9.88. The molecule has 0 aliphatic heterocycles. The molecule has 0 radical (unpaired) electrons. The summed E-state index contributed by atoms with van der Waals surface area (Å²) in [5, 5.41) is 0. The summed E-state index contributed by atoms with van der Waals surface area (Å²) in [5.74, 6) is 1.11. The van der Waals surface area contributed by atoms with Gasteiger partial charge in [-0.1, -0.05) is 33.8 Å². The lowest BCUT2D eigenvalue weighted by Crippen LogP contribution is -2.19. The molecule has 0 atom stereocenters. The van der Waals surface area contributed by atoms with Crippen LogP contribution in [0.2, 0.25) is 0 Å². The number of rotatable bonds is 5. The van der Waals surface area contributed by atoms with E-state index in [1.165, 1.54) is 11.1 Å². The molecule has 0 aliphatic carbocycles. The number of nitrogen functional groups attached to an aromatic ring is 1. The van der Waals surface area contributed by atoms with E-state index in [-0.39, 0.29) is 5.41 Å². The molecule has 0 fully saturated rings. The third-order valence-corrected chi connectivity index (χ3v) is 4.08. The van der Waals surface area contributed by atoms with Gasteiger partial charge in [-0.3, -0.25) is 4.98 Å². The van der Waals surface area contributed by atoms with Gasteiger partial charge in [0.2, 0.25) is 0 Å². The molecule has 0 aromatic carbocycles. The highest BCUT2D eigenvalue weighted by Crippen LogP contribution is 2.28. The molecule has 3 nitrogen and oxygen atoms in total. The predicted molar refractivity (Wildman–Crippen MR) is 88.3 cm³/mol. The maximum absolute atomic E-state index is 5.66. The Labute approximate surface area is 127 Å². The van der Waals surface area contributed by atoms with E-state index in [9.17, 15) is 0 Å². The molecule has 3 heteroatoms.